The van der Waals surface area contributed by atoms with Crippen LogP contribution in [-0.4, -0.2) is 22.6 Å². The summed E-state index contributed by atoms with van der Waals surface area (Å²) in [7, 11) is 0. The van der Waals surface area contributed by atoms with E-state index >= 15 is 0 Å². The topological polar surface area (TPSA) is 49.8 Å². The highest BCUT2D eigenvalue weighted by Gasteiger charge is 2.32. The Kier molecular flexibility index (Phi) is 4.51. The van der Waals surface area contributed by atoms with Gasteiger partial charge in [-0.05, 0) is 39.0 Å². The van der Waals surface area contributed by atoms with Crippen LogP contribution >= 0.6 is 0 Å². The first kappa shape index (κ1) is 15.1. The number of aryl methyl sites for hydroxylation is 1. The molecular formula is C16H28N4. The molecule has 1 heterocycles. The largest absolute Gasteiger partial charge is 0.370 e. The van der Waals surface area contributed by atoms with Crippen LogP contribution in [0.2, 0.25) is 0 Å². The maximum Gasteiger partial charge on any atom is 0.134 e. The fraction of sp³-hybridized carbons (Fsp3) is 0.750. The molecule has 1 unspecified atom stereocenters. The minimum Gasteiger partial charge on any atom is -0.370 e. The lowest BCUT2D eigenvalue weighted by atomic mass is 9.73. The molecule has 1 aliphatic rings. The molecule has 112 valence electrons. The van der Waals surface area contributed by atoms with Crippen LogP contribution in [0.1, 0.15) is 57.8 Å². The molecule has 2 rings (SSSR count). The molecule has 1 fully saturated rings. The molecule has 0 bridgehead atoms. The van der Waals surface area contributed by atoms with Crippen molar-refractivity contribution >= 4 is 11.6 Å². The van der Waals surface area contributed by atoms with E-state index in [0.717, 1.165) is 29.6 Å². The molecule has 1 saturated carbocycles. The van der Waals surface area contributed by atoms with E-state index in [1.807, 2.05) is 6.92 Å². The standard InChI is InChI=1S/C16H28N4/c1-6-17-14-11(2)15(19-12(3)18-14)20-13-9-7-8-10-16(13,4)5/h13H,6-10H2,1-5H3,(H2,17,18,19,20). The third-order valence-electron chi connectivity index (χ3n) is 4.42. The van der Waals surface area contributed by atoms with Crippen molar-refractivity contribution < 1.29 is 0 Å². The summed E-state index contributed by atoms with van der Waals surface area (Å²) in [6, 6.07) is 0.499. The van der Waals surface area contributed by atoms with Crippen molar-refractivity contribution in [1.29, 1.82) is 0 Å². The van der Waals surface area contributed by atoms with Crippen molar-refractivity contribution in [2.45, 2.75) is 66.3 Å². The van der Waals surface area contributed by atoms with Gasteiger partial charge in [-0.2, -0.15) is 0 Å². The highest BCUT2D eigenvalue weighted by molar-refractivity contribution is 5.57. The Labute approximate surface area is 122 Å². The molecule has 4 heteroatoms. The number of hydrogen-bond acceptors (Lipinski definition) is 4. The van der Waals surface area contributed by atoms with Gasteiger partial charge in [-0.15, -0.1) is 0 Å². The number of nitrogens with zero attached hydrogens (tertiary/aromatic N) is 2. The molecule has 2 N–H and O–H groups in total. The van der Waals surface area contributed by atoms with Crippen molar-refractivity contribution in [1.82, 2.24) is 9.97 Å². The van der Waals surface area contributed by atoms with Gasteiger partial charge >= 0.3 is 0 Å². The first-order valence-electron chi connectivity index (χ1n) is 7.79. The molecule has 0 saturated heterocycles. The fourth-order valence-electron chi connectivity index (χ4n) is 3.04. The summed E-state index contributed by atoms with van der Waals surface area (Å²) in [6.45, 7) is 11.7. The number of aromatic nitrogens is 2. The monoisotopic (exact) mass is 276 g/mol. The Hall–Kier alpha value is -1.32. The van der Waals surface area contributed by atoms with Crippen LogP contribution in [0.25, 0.3) is 0 Å². The van der Waals surface area contributed by atoms with Crippen molar-refractivity contribution in [3.63, 3.8) is 0 Å². The third kappa shape index (κ3) is 3.22. The van der Waals surface area contributed by atoms with E-state index in [2.05, 4.69) is 48.3 Å². The summed E-state index contributed by atoms with van der Waals surface area (Å²) < 4.78 is 0. The predicted octanol–water partition coefficient (Wildman–Crippen LogP) is 3.91. The molecule has 0 aliphatic heterocycles. The average Bonchev–Trinajstić information content (AvgIpc) is 2.37. The molecule has 1 aromatic heterocycles. The quantitative estimate of drug-likeness (QED) is 0.875. The van der Waals surface area contributed by atoms with E-state index in [4.69, 9.17) is 0 Å². The molecule has 1 aromatic rings. The fourth-order valence-corrected chi connectivity index (χ4v) is 3.04. The first-order valence-corrected chi connectivity index (χ1v) is 7.79. The Bertz CT molecular complexity index is 468. The summed E-state index contributed by atoms with van der Waals surface area (Å²) in [4.78, 5) is 9.10. The molecular weight excluding hydrogens is 248 g/mol. The van der Waals surface area contributed by atoms with E-state index in [1.54, 1.807) is 0 Å². The minimum atomic E-state index is 0.335. The van der Waals surface area contributed by atoms with Crippen LogP contribution in [0.15, 0.2) is 0 Å². The zero-order valence-corrected chi connectivity index (χ0v) is 13.5. The van der Waals surface area contributed by atoms with Gasteiger partial charge in [0.2, 0.25) is 0 Å². The van der Waals surface area contributed by atoms with E-state index in [0.29, 0.717) is 11.5 Å². The summed E-state index contributed by atoms with van der Waals surface area (Å²) in [5, 5.41) is 7.01. The van der Waals surface area contributed by atoms with Crippen molar-refractivity contribution in [3.05, 3.63) is 11.4 Å². The SMILES string of the molecule is CCNc1nc(C)nc(NC2CCCCC2(C)C)c1C. The van der Waals surface area contributed by atoms with E-state index in [9.17, 15) is 0 Å². The normalized spacial score (nSPS) is 21.6. The van der Waals surface area contributed by atoms with Gasteiger partial charge in [0.15, 0.2) is 0 Å². The number of rotatable bonds is 4. The smallest absolute Gasteiger partial charge is 0.134 e. The Morgan fingerprint density at radius 3 is 2.50 bits per heavy atom. The van der Waals surface area contributed by atoms with Gasteiger partial charge in [-0.25, -0.2) is 9.97 Å². The zero-order chi connectivity index (χ0) is 14.8. The molecule has 0 aromatic carbocycles. The van der Waals surface area contributed by atoms with Crippen molar-refractivity contribution in [2.75, 3.05) is 17.2 Å². The minimum absolute atomic E-state index is 0.335. The summed E-state index contributed by atoms with van der Waals surface area (Å²) in [6.07, 6.45) is 5.17. The van der Waals surface area contributed by atoms with Crippen molar-refractivity contribution in [3.8, 4) is 0 Å². The van der Waals surface area contributed by atoms with Crippen molar-refractivity contribution in [2.24, 2.45) is 5.41 Å². The molecule has 20 heavy (non-hydrogen) atoms. The second-order valence-electron chi connectivity index (χ2n) is 6.55. The van der Waals surface area contributed by atoms with Crippen LogP contribution in [0.3, 0.4) is 0 Å². The lowest BCUT2D eigenvalue weighted by molar-refractivity contribution is 0.216. The Morgan fingerprint density at radius 2 is 1.85 bits per heavy atom. The predicted molar refractivity (Wildman–Crippen MR) is 85.3 cm³/mol. The highest BCUT2D eigenvalue weighted by Crippen LogP contribution is 2.37. The van der Waals surface area contributed by atoms with E-state index in [1.165, 1.54) is 25.7 Å². The van der Waals surface area contributed by atoms with Crippen LogP contribution in [0.4, 0.5) is 11.6 Å². The highest BCUT2D eigenvalue weighted by atomic mass is 15.1. The molecule has 0 amide bonds. The van der Waals surface area contributed by atoms with Gasteiger partial charge in [-0.3, -0.25) is 0 Å². The Balaban J connectivity index is 2.24. The van der Waals surface area contributed by atoms with E-state index < -0.39 is 0 Å². The van der Waals surface area contributed by atoms with Gasteiger partial charge in [0.05, 0.1) is 0 Å². The number of nitrogens with one attached hydrogen (secondary N) is 2. The average molecular weight is 276 g/mol. The maximum atomic E-state index is 4.61. The van der Waals surface area contributed by atoms with Gasteiger partial charge < -0.3 is 10.6 Å². The van der Waals surface area contributed by atoms with E-state index in [-0.39, 0.29) is 0 Å². The molecule has 1 aliphatic carbocycles. The summed E-state index contributed by atoms with van der Waals surface area (Å²) >= 11 is 0. The molecule has 4 nitrogen and oxygen atoms in total. The number of hydrogen-bond donors (Lipinski definition) is 2. The van der Waals surface area contributed by atoms with Crippen LogP contribution in [0.5, 0.6) is 0 Å². The summed E-state index contributed by atoms with van der Waals surface area (Å²) in [5.41, 5.74) is 1.46. The second kappa shape index (κ2) is 5.98. The van der Waals surface area contributed by atoms with Crippen LogP contribution in [0, 0.1) is 19.3 Å². The van der Waals surface area contributed by atoms with Gasteiger partial charge in [0.25, 0.3) is 0 Å². The molecule has 1 atom stereocenters. The van der Waals surface area contributed by atoms with Crippen LogP contribution in [-0.2, 0) is 0 Å². The third-order valence-corrected chi connectivity index (χ3v) is 4.42. The number of anilines is 2. The maximum absolute atomic E-state index is 4.61. The summed E-state index contributed by atoms with van der Waals surface area (Å²) in [5.74, 6) is 2.77. The zero-order valence-electron chi connectivity index (χ0n) is 13.5. The lowest BCUT2D eigenvalue weighted by Crippen LogP contribution is -2.39. The molecule has 0 radical (unpaired) electrons. The van der Waals surface area contributed by atoms with Gasteiger partial charge in [0.1, 0.15) is 17.5 Å². The molecule has 0 spiro atoms. The lowest BCUT2D eigenvalue weighted by Gasteiger charge is -2.39. The van der Waals surface area contributed by atoms with Crippen LogP contribution < -0.4 is 10.6 Å². The second-order valence-corrected chi connectivity index (χ2v) is 6.55. The van der Waals surface area contributed by atoms with Gasteiger partial charge in [0, 0.05) is 18.2 Å². The van der Waals surface area contributed by atoms with Gasteiger partial charge in [-0.1, -0.05) is 26.7 Å². The Morgan fingerprint density at radius 1 is 1.15 bits per heavy atom. The first-order chi connectivity index (χ1) is 9.44.